The van der Waals surface area contributed by atoms with Gasteiger partial charge in [-0.2, -0.15) is 0 Å². The molecule has 2 rings (SSSR count). The maximum Gasteiger partial charge on any atom is 0.120 e. The molecule has 0 aliphatic rings. The second kappa shape index (κ2) is 7.19. The quantitative estimate of drug-likeness (QED) is 0.694. The smallest absolute Gasteiger partial charge is 0.120 e. The van der Waals surface area contributed by atoms with Gasteiger partial charge in [-0.25, -0.2) is 0 Å². The molecule has 102 valence electrons. The second-order valence-electron chi connectivity index (χ2n) is 4.33. The van der Waals surface area contributed by atoms with Crippen molar-refractivity contribution in [3.63, 3.8) is 0 Å². The molecule has 2 aromatic carbocycles. The van der Waals surface area contributed by atoms with E-state index in [0.717, 1.165) is 22.6 Å². The average Bonchev–Trinajstić information content (AvgIpc) is 2.52. The van der Waals surface area contributed by atoms with Gasteiger partial charge in [-0.3, -0.25) is 0 Å². The molecule has 2 heteroatoms. The van der Waals surface area contributed by atoms with Crippen LogP contribution < -0.4 is 9.47 Å². The van der Waals surface area contributed by atoms with E-state index in [4.69, 9.17) is 9.47 Å². The SMILES string of the molecule is C=CCOc1ccc(OCC(=C)c2ccccc2)cc1. The molecule has 0 aromatic heterocycles. The highest BCUT2D eigenvalue weighted by Crippen LogP contribution is 2.19. The molecule has 0 radical (unpaired) electrons. The standard InChI is InChI=1S/C18H18O2/c1-3-13-19-17-9-11-18(12-10-17)20-14-15(2)16-7-5-4-6-8-16/h3-12H,1-2,13-14H2. The first-order valence-electron chi connectivity index (χ1n) is 6.49. The molecule has 0 amide bonds. The molecule has 0 fully saturated rings. The van der Waals surface area contributed by atoms with Gasteiger partial charge in [0.15, 0.2) is 0 Å². The van der Waals surface area contributed by atoms with E-state index in [1.807, 2.05) is 54.6 Å². The third-order valence-electron chi connectivity index (χ3n) is 2.79. The van der Waals surface area contributed by atoms with Crippen LogP contribution in [0.2, 0.25) is 0 Å². The summed E-state index contributed by atoms with van der Waals surface area (Å²) < 4.78 is 11.1. The van der Waals surface area contributed by atoms with Gasteiger partial charge in [0.05, 0.1) is 0 Å². The topological polar surface area (TPSA) is 18.5 Å². The Morgan fingerprint density at radius 2 is 1.50 bits per heavy atom. The van der Waals surface area contributed by atoms with E-state index in [2.05, 4.69) is 13.2 Å². The fourth-order valence-corrected chi connectivity index (χ4v) is 1.71. The zero-order valence-corrected chi connectivity index (χ0v) is 11.4. The molecule has 2 nitrogen and oxygen atoms in total. The Morgan fingerprint density at radius 3 is 2.10 bits per heavy atom. The van der Waals surface area contributed by atoms with Crippen molar-refractivity contribution in [1.29, 1.82) is 0 Å². The van der Waals surface area contributed by atoms with Gasteiger partial charge in [-0.05, 0) is 35.4 Å². The van der Waals surface area contributed by atoms with Crippen LogP contribution in [0.4, 0.5) is 0 Å². The molecular formula is C18H18O2. The maximum atomic E-state index is 5.71. The molecule has 0 aliphatic carbocycles. The lowest BCUT2D eigenvalue weighted by molar-refractivity contribution is 0.356. The molecular weight excluding hydrogens is 248 g/mol. The molecule has 0 saturated heterocycles. The van der Waals surface area contributed by atoms with Gasteiger partial charge in [-0.15, -0.1) is 0 Å². The van der Waals surface area contributed by atoms with Crippen molar-refractivity contribution >= 4 is 5.57 Å². The van der Waals surface area contributed by atoms with E-state index in [1.165, 1.54) is 0 Å². The highest BCUT2D eigenvalue weighted by molar-refractivity contribution is 5.64. The molecule has 0 spiro atoms. The Balaban J connectivity index is 1.88. The molecule has 2 aromatic rings. The molecule has 20 heavy (non-hydrogen) atoms. The summed E-state index contributed by atoms with van der Waals surface area (Å²) >= 11 is 0. The Bertz CT molecular complexity index is 556. The third kappa shape index (κ3) is 4.02. The van der Waals surface area contributed by atoms with Crippen molar-refractivity contribution in [1.82, 2.24) is 0 Å². The van der Waals surface area contributed by atoms with Crippen LogP contribution >= 0.6 is 0 Å². The summed E-state index contributed by atoms with van der Waals surface area (Å²) in [6, 6.07) is 17.6. The van der Waals surface area contributed by atoms with Crippen LogP contribution in [-0.4, -0.2) is 13.2 Å². The lowest BCUT2D eigenvalue weighted by Crippen LogP contribution is -2.00. The van der Waals surface area contributed by atoms with Gasteiger partial charge in [0.2, 0.25) is 0 Å². The lowest BCUT2D eigenvalue weighted by Gasteiger charge is -2.09. The average molecular weight is 266 g/mol. The van der Waals surface area contributed by atoms with E-state index in [0.29, 0.717) is 13.2 Å². The Morgan fingerprint density at radius 1 is 0.900 bits per heavy atom. The van der Waals surface area contributed by atoms with E-state index in [1.54, 1.807) is 6.08 Å². The molecule has 0 bridgehead atoms. The number of benzene rings is 2. The van der Waals surface area contributed by atoms with Gasteiger partial charge in [0.1, 0.15) is 24.7 Å². The number of hydrogen-bond donors (Lipinski definition) is 0. The van der Waals surface area contributed by atoms with E-state index < -0.39 is 0 Å². The number of hydrogen-bond acceptors (Lipinski definition) is 2. The molecule has 0 heterocycles. The monoisotopic (exact) mass is 266 g/mol. The van der Waals surface area contributed by atoms with Gasteiger partial charge >= 0.3 is 0 Å². The summed E-state index contributed by atoms with van der Waals surface area (Å²) in [6.07, 6.45) is 1.72. The summed E-state index contributed by atoms with van der Waals surface area (Å²) in [5, 5.41) is 0. The van der Waals surface area contributed by atoms with Gasteiger partial charge in [-0.1, -0.05) is 49.6 Å². The summed E-state index contributed by atoms with van der Waals surface area (Å²) in [4.78, 5) is 0. The Hall–Kier alpha value is -2.48. The van der Waals surface area contributed by atoms with Gasteiger partial charge < -0.3 is 9.47 Å². The highest BCUT2D eigenvalue weighted by atomic mass is 16.5. The minimum atomic E-state index is 0.469. The van der Waals surface area contributed by atoms with Crippen LogP contribution in [0.3, 0.4) is 0 Å². The fraction of sp³-hybridized carbons (Fsp3) is 0.111. The van der Waals surface area contributed by atoms with Crippen LogP contribution in [-0.2, 0) is 0 Å². The van der Waals surface area contributed by atoms with E-state index in [9.17, 15) is 0 Å². The summed E-state index contributed by atoms with van der Waals surface area (Å²) in [7, 11) is 0. The molecule has 0 aliphatic heterocycles. The van der Waals surface area contributed by atoms with Gasteiger partial charge in [0, 0.05) is 0 Å². The van der Waals surface area contributed by atoms with Crippen molar-refractivity contribution in [3.05, 3.63) is 79.4 Å². The first kappa shape index (κ1) is 13.9. The predicted molar refractivity (Wildman–Crippen MR) is 83.1 cm³/mol. The largest absolute Gasteiger partial charge is 0.490 e. The van der Waals surface area contributed by atoms with Crippen molar-refractivity contribution in [2.75, 3.05) is 13.2 Å². The molecule has 0 unspecified atom stereocenters. The number of ether oxygens (including phenoxy) is 2. The summed E-state index contributed by atoms with van der Waals surface area (Å²) in [5.74, 6) is 1.60. The van der Waals surface area contributed by atoms with E-state index in [-0.39, 0.29) is 0 Å². The van der Waals surface area contributed by atoms with Crippen LogP contribution in [0.1, 0.15) is 5.56 Å². The van der Waals surface area contributed by atoms with E-state index >= 15 is 0 Å². The molecule has 0 atom stereocenters. The normalized spacial score (nSPS) is 9.80. The first-order chi connectivity index (χ1) is 9.79. The first-order valence-corrected chi connectivity index (χ1v) is 6.49. The molecule has 0 N–H and O–H groups in total. The molecule has 0 saturated carbocycles. The zero-order chi connectivity index (χ0) is 14.2. The number of rotatable bonds is 7. The third-order valence-corrected chi connectivity index (χ3v) is 2.79. The van der Waals surface area contributed by atoms with Crippen molar-refractivity contribution in [3.8, 4) is 11.5 Å². The van der Waals surface area contributed by atoms with Crippen LogP contribution in [0.5, 0.6) is 11.5 Å². The van der Waals surface area contributed by atoms with Crippen LogP contribution in [0.25, 0.3) is 5.57 Å². The van der Waals surface area contributed by atoms with Crippen molar-refractivity contribution < 1.29 is 9.47 Å². The van der Waals surface area contributed by atoms with Gasteiger partial charge in [0.25, 0.3) is 0 Å². The minimum absolute atomic E-state index is 0.469. The van der Waals surface area contributed by atoms with Crippen molar-refractivity contribution in [2.45, 2.75) is 0 Å². The van der Waals surface area contributed by atoms with Crippen LogP contribution in [0.15, 0.2) is 73.8 Å². The summed E-state index contributed by atoms with van der Waals surface area (Å²) in [5.41, 5.74) is 2.05. The minimum Gasteiger partial charge on any atom is -0.490 e. The lowest BCUT2D eigenvalue weighted by atomic mass is 10.1. The highest BCUT2D eigenvalue weighted by Gasteiger charge is 2.00. The second-order valence-corrected chi connectivity index (χ2v) is 4.33. The maximum absolute atomic E-state index is 5.71. The zero-order valence-electron chi connectivity index (χ0n) is 11.4. The predicted octanol–water partition coefficient (Wildman–Crippen LogP) is 4.34. The van der Waals surface area contributed by atoms with Crippen molar-refractivity contribution in [2.24, 2.45) is 0 Å². The Kier molecular flexibility index (Phi) is 5.01. The Labute approximate surface area is 120 Å². The van der Waals surface area contributed by atoms with Crippen LogP contribution in [0, 0.1) is 0 Å². The fourth-order valence-electron chi connectivity index (χ4n) is 1.71. The summed E-state index contributed by atoms with van der Waals surface area (Å²) in [6.45, 7) is 8.62.